The van der Waals surface area contributed by atoms with E-state index < -0.39 is 0 Å². The summed E-state index contributed by atoms with van der Waals surface area (Å²) in [5, 5.41) is 0.720. The Labute approximate surface area is 128 Å². The molecule has 18 heavy (non-hydrogen) atoms. The van der Waals surface area contributed by atoms with Gasteiger partial charge >= 0.3 is 0 Å². The van der Waals surface area contributed by atoms with Crippen molar-refractivity contribution >= 4 is 43.5 Å². The summed E-state index contributed by atoms with van der Waals surface area (Å²) in [6.45, 7) is 0. The highest BCUT2D eigenvalue weighted by atomic mass is 79.9. The van der Waals surface area contributed by atoms with Gasteiger partial charge in [0.1, 0.15) is 5.75 Å². The van der Waals surface area contributed by atoms with E-state index in [4.69, 9.17) is 16.3 Å². The molecule has 0 aliphatic heterocycles. The molecule has 0 fully saturated rings. The zero-order valence-electron chi connectivity index (χ0n) is 9.66. The van der Waals surface area contributed by atoms with E-state index in [0.29, 0.717) is 0 Å². The average molecular weight is 391 g/mol. The predicted molar refractivity (Wildman–Crippen MR) is 82.9 cm³/mol. The molecule has 0 bridgehead atoms. The third kappa shape index (κ3) is 3.28. The number of halogens is 3. The predicted octanol–water partition coefficient (Wildman–Crippen LogP) is 5.60. The van der Waals surface area contributed by atoms with Crippen molar-refractivity contribution in [3.05, 3.63) is 63.1 Å². The van der Waals surface area contributed by atoms with Crippen LogP contribution in [0.1, 0.15) is 16.0 Å². The number of methoxy groups -OCH3 is 1. The topological polar surface area (TPSA) is 9.23 Å². The van der Waals surface area contributed by atoms with E-state index in [1.165, 1.54) is 0 Å². The monoisotopic (exact) mass is 388 g/mol. The second kappa shape index (κ2) is 6.09. The van der Waals surface area contributed by atoms with Gasteiger partial charge < -0.3 is 4.74 Å². The smallest absolute Gasteiger partial charge is 0.118 e. The maximum Gasteiger partial charge on any atom is 0.118 e. The third-order valence-corrected chi connectivity index (χ3v) is 4.32. The molecule has 0 aliphatic rings. The number of benzene rings is 2. The Morgan fingerprint density at radius 1 is 1.06 bits per heavy atom. The van der Waals surface area contributed by atoms with Crippen LogP contribution in [0.5, 0.6) is 5.75 Å². The lowest BCUT2D eigenvalue weighted by Gasteiger charge is -2.12. The van der Waals surface area contributed by atoms with Crippen LogP contribution in [0.25, 0.3) is 0 Å². The largest absolute Gasteiger partial charge is 0.497 e. The highest BCUT2D eigenvalue weighted by Gasteiger charge is 2.11. The first-order valence-corrected chi connectivity index (χ1v) is 7.43. The van der Waals surface area contributed by atoms with E-state index in [1.807, 2.05) is 36.4 Å². The minimum absolute atomic E-state index is 0.110. The highest BCUT2D eigenvalue weighted by molar-refractivity contribution is 9.10. The van der Waals surface area contributed by atoms with Gasteiger partial charge in [0.05, 0.1) is 11.9 Å². The average Bonchev–Trinajstić information content (AvgIpc) is 2.37. The Balaban J connectivity index is 2.31. The van der Waals surface area contributed by atoms with Gasteiger partial charge in [-0.25, -0.2) is 0 Å². The number of ether oxygens (including phenoxy) is 1. The molecule has 94 valence electrons. The van der Waals surface area contributed by atoms with Crippen LogP contribution in [-0.4, -0.2) is 7.11 Å². The fourth-order valence-corrected chi connectivity index (χ4v) is 3.14. The van der Waals surface area contributed by atoms with Crippen molar-refractivity contribution in [1.82, 2.24) is 0 Å². The molecule has 1 unspecified atom stereocenters. The van der Waals surface area contributed by atoms with Crippen molar-refractivity contribution in [3.8, 4) is 5.75 Å². The SMILES string of the molecule is COc1ccc(C(Br)c2cc(Cl)cc(Br)c2)cc1. The maximum absolute atomic E-state index is 6.06. The van der Waals surface area contributed by atoms with Gasteiger partial charge in [0.15, 0.2) is 0 Å². The highest BCUT2D eigenvalue weighted by Crippen LogP contribution is 2.34. The summed E-state index contributed by atoms with van der Waals surface area (Å²) in [7, 11) is 1.66. The number of rotatable bonds is 3. The molecule has 0 radical (unpaired) electrons. The van der Waals surface area contributed by atoms with Gasteiger partial charge in [-0.3, -0.25) is 0 Å². The molecule has 0 aliphatic carbocycles. The molecule has 2 rings (SSSR count). The molecule has 0 spiro atoms. The van der Waals surface area contributed by atoms with Gasteiger partial charge in [-0.15, -0.1) is 0 Å². The fraction of sp³-hybridized carbons (Fsp3) is 0.143. The van der Waals surface area contributed by atoms with Gasteiger partial charge in [0.2, 0.25) is 0 Å². The first-order chi connectivity index (χ1) is 8.60. The van der Waals surface area contributed by atoms with Crippen LogP contribution in [-0.2, 0) is 0 Å². The van der Waals surface area contributed by atoms with Crippen LogP contribution in [0.15, 0.2) is 46.9 Å². The van der Waals surface area contributed by atoms with Crippen molar-refractivity contribution in [2.24, 2.45) is 0 Å². The van der Waals surface area contributed by atoms with Crippen molar-refractivity contribution in [2.75, 3.05) is 7.11 Å². The van der Waals surface area contributed by atoms with Crippen LogP contribution in [0.2, 0.25) is 5.02 Å². The van der Waals surface area contributed by atoms with Crippen LogP contribution >= 0.6 is 43.5 Å². The van der Waals surface area contributed by atoms with E-state index >= 15 is 0 Å². The van der Waals surface area contributed by atoms with E-state index in [-0.39, 0.29) is 4.83 Å². The lowest BCUT2D eigenvalue weighted by Crippen LogP contribution is -1.93. The van der Waals surface area contributed by atoms with E-state index in [0.717, 1.165) is 26.4 Å². The van der Waals surface area contributed by atoms with Gasteiger partial charge in [0, 0.05) is 9.50 Å². The van der Waals surface area contributed by atoms with Crippen molar-refractivity contribution in [2.45, 2.75) is 4.83 Å². The van der Waals surface area contributed by atoms with Crippen LogP contribution in [0, 0.1) is 0 Å². The second-order valence-electron chi connectivity index (χ2n) is 3.84. The van der Waals surface area contributed by atoms with Gasteiger partial charge in [-0.05, 0) is 41.5 Å². The van der Waals surface area contributed by atoms with Crippen molar-refractivity contribution < 1.29 is 4.74 Å². The number of alkyl halides is 1. The molecule has 1 atom stereocenters. The second-order valence-corrected chi connectivity index (χ2v) is 6.11. The molecule has 0 saturated carbocycles. The zero-order chi connectivity index (χ0) is 13.1. The standard InChI is InChI=1S/C14H11Br2ClO/c1-18-13-4-2-9(3-5-13)14(16)10-6-11(15)8-12(17)7-10/h2-8,14H,1H3. The summed E-state index contributed by atoms with van der Waals surface area (Å²) in [5.74, 6) is 0.853. The first-order valence-electron chi connectivity index (χ1n) is 5.34. The molecular formula is C14H11Br2ClO. The Kier molecular flexibility index (Phi) is 4.71. The van der Waals surface area contributed by atoms with Crippen LogP contribution in [0.4, 0.5) is 0 Å². The minimum atomic E-state index is 0.110. The molecule has 2 aromatic carbocycles. The van der Waals surface area contributed by atoms with Gasteiger partial charge in [-0.2, -0.15) is 0 Å². The van der Waals surface area contributed by atoms with Gasteiger partial charge in [0.25, 0.3) is 0 Å². The number of hydrogen-bond donors (Lipinski definition) is 0. The molecule has 0 amide bonds. The summed E-state index contributed by atoms with van der Waals surface area (Å²) >= 11 is 13.2. The third-order valence-electron chi connectivity index (χ3n) is 2.59. The molecule has 2 aromatic rings. The number of hydrogen-bond acceptors (Lipinski definition) is 1. The quantitative estimate of drug-likeness (QED) is 0.620. The van der Waals surface area contributed by atoms with E-state index in [9.17, 15) is 0 Å². The molecule has 0 aromatic heterocycles. The van der Waals surface area contributed by atoms with Crippen LogP contribution in [0.3, 0.4) is 0 Å². The summed E-state index contributed by atoms with van der Waals surface area (Å²) in [6.07, 6.45) is 0. The maximum atomic E-state index is 6.06. The summed E-state index contributed by atoms with van der Waals surface area (Å²) in [6, 6.07) is 13.8. The van der Waals surface area contributed by atoms with Crippen molar-refractivity contribution in [1.29, 1.82) is 0 Å². The molecule has 4 heteroatoms. The zero-order valence-corrected chi connectivity index (χ0v) is 13.6. The molecule has 0 saturated heterocycles. The normalized spacial score (nSPS) is 12.2. The Hall–Kier alpha value is -0.510. The fourth-order valence-electron chi connectivity index (χ4n) is 1.69. The Bertz CT molecular complexity index is 520. The molecule has 1 nitrogen and oxygen atoms in total. The molecular weight excluding hydrogens is 379 g/mol. The van der Waals surface area contributed by atoms with E-state index in [2.05, 4.69) is 37.9 Å². The first kappa shape index (κ1) is 13.9. The summed E-state index contributed by atoms with van der Waals surface area (Å²) in [4.78, 5) is 0.110. The summed E-state index contributed by atoms with van der Waals surface area (Å²) in [5.41, 5.74) is 2.27. The molecule has 0 N–H and O–H groups in total. The Morgan fingerprint density at radius 2 is 1.72 bits per heavy atom. The van der Waals surface area contributed by atoms with Crippen molar-refractivity contribution in [3.63, 3.8) is 0 Å². The lowest BCUT2D eigenvalue weighted by atomic mass is 10.0. The van der Waals surface area contributed by atoms with E-state index in [1.54, 1.807) is 7.11 Å². The minimum Gasteiger partial charge on any atom is -0.497 e. The summed E-state index contributed by atoms with van der Waals surface area (Å²) < 4.78 is 6.12. The van der Waals surface area contributed by atoms with Crippen LogP contribution < -0.4 is 4.74 Å². The van der Waals surface area contributed by atoms with Gasteiger partial charge in [-0.1, -0.05) is 55.6 Å². The molecule has 0 heterocycles. The Morgan fingerprint density at radius 3 is 2.28 bits per heavy atom. The lowest BCUT2D eigenvalue weighted by molar-refractivity contribution is 0.414.